The van der Waals surface area contributed by atoms with Crippen molar-refractivity contribution in [1.82, 2.24) is 9.55 Å². The van der Waals surface area contributed by atoms with Crippen molar-refractivity contribution < 1.29 is 22.7 Å². The zero-order valence-corrected chi connectivity index (χ0v) is 17.2. The van der Waals surface area contributed by atoms with Crippen LogP contribution in [0.2, 0.25) is 0 Å². The number of carbonyl (C=O) groups is 1. The van der Waals surface area contributed by atoms with Crippen molar-refractivity contribution >= 4 is 44.9 Å². The molecule has 0 saturated carbocycles. The van der Waals surface area contributed by atoms with Crippen molar-refractivity contribution in [2.45, 2.75) is 30.2 Å². The number of alkyl halides is 3. The molecule has 30 heavy (non-hydrogen) atoms. The molecule has 0 spiro atoms. The van der Waals surface area contributed by atoms with Crippen LogP contribution in [0.4, 0.5) is 18.9 Å². The number of rotatable bonds is 7. The summed E-state index contributed by atoms with van der Waals surface area (Å²) in [5, 5.41) is 4.65. The monoisotopic (exact) mass is 455 g/mol. The number of anilines is 1. The lowest BCUT2D eigenvalue weighted by atomic mass is 10.3. The van der Waals surface area contributed by atoms with Gasteiger partial charge in [-0.1, -0.05) is 17.8 Å². The third-order valence-electron chi connectivity index (χ3n) is 3.87. The predicted molar refractivity (Wildman–Crippen MR) is 111 cm³/mol. The molecular weight excluding hydrogens is 439 g/mol. The summed E-state index contributed by atoms with van der Waals surface area (Å²) in [5.41, 5.74) is 0.101. The first kappa shape index (κ1) is 21.9. The molecule has 0 fully saturated rings. The van der Waals surface area contributed by atoms with E-state index in [1.807, 2.05) is 0 Å². The minimum Gasteiger partial charge on any atom is -0.406 e. The van der Waals surface area contributed by atoms with E-state index in [1.165, 1.54) is 28.0 Å². The lowest BCUT2D eigenvalue weighted by molar-refractivity contribution is -0.274. The number of ether oxygens (including phenoxy) is 1. The number of thiophene rings is 1. The van der Waals surface area contributed by atoms with Crippen molar-refractivity contribution in [1.29, 1.82) is 0 Å². The van der Waals surface area contributed by atoms with E-state index in [-0.39, 0.29) is 17.9 Å². The predicted octanol–water partition coefficient (Wildman–Crippen LogP) is 4.66. The molecule has 0 aliphatic carbocycles. The van der Waals surface area contributed by atoms with Gasteiger partial charge in [0, 0.05) is 12.2 Å². The molecule has 0 radical (unpaired) electrons. The van der Waals surface area contributed by atoms with Crippen LogP contribution in [0.5, 0.6) is 5.75 Å². The summed E-state index contributed by atoms with van der Waals surface area (Å²) in [7, 11) is 0. The fourth-order valence-electron chi connectivity index (χ4n) is 2.51. The van der Waals surface area contributed by atoms with Crippen LogP contribution >= 0.6 is 23.1 Å². The quantitative estimate of drug-likeness (QED) is 0.319. The lowest BCUT2D eigenvalue weighted by Gasteiger charge is -2.15. The van der Waals surface area contributed by atoms with Crippen LogP contribution < -0.4 is 15.6 Å². The Labute approximate surface area is 177 Å². The molecule has 0 saturated heterocycles. The number of hydrogen-bond donors (Lipinski definition) is 1. The Morgan fingerprint density at radius 3 is 2.70 bits per heavy atom. The van der Waals surface area contributed by atoms with E-state index in [0.717, 1.165) is 23.9 Å². The van der Waals surface area contributed by atoms with Crippen molar-refractivity contribution in [2.75, 3.05) is 5.32 Å². The van der Waals surface area contributed by atoms with Crippen molar-refractivity contribution in [2.24, 2.45) is 0 Å². The highest BCUT2D eigenvalue weighted by molar-refractivity contribution is 8.00. The molecule has 0 aliphatic heterocycles. The third kappa shape index (κ3) is 5.22. The molecule has 1 aromatic carbocycles. The van der Waals surface area contributed by atoms with E-state index in [1.54, 1.807) is 24.4 Å². The minimum atomic E-state index is -4.78. The van der Waals surface area contributed by atoms with Crippen LogP contribution in [0.25, 0.3) is 10.2 Å². The molecule has 1 atom stereocenters. The van der Waals surface area contributed by atoms with Crippen LogP contribution in [-0.2, 0) is 11.3 Å². The number of halogens is 3. The number of aromatic nitrogens is 2. The first-order valence-corrected chi connectivity index (χ1v) is 10.4. The van der Waals surface area contributed by atoms with Gasteiger partial charge < -0.3 is 10.1 Å². The first-order valence-electron chi connectivity index (χ1n) is 8.60. The van der Waals surface area contributed by atoms with E-state index in [9.17, 15) is 22.8 Å². The highest BCUT2D eigenvalue weighted by atomic mass is 32.2. The second kappa shape index (κ2) is 8.92. The Morgan fingerprint density at radius 1 is 1.37 bits per heavy atom. The SMILES string of the molecule is C=CCn1c(SC(C)C(=O)Nc2ccc(OC(F)(F)F)cc2)nc2sccc2c1=O. The molecule has 1 N–H and O–H groups in total. The van der Waals surface area contributed by atoms with E-state index in [0.29, 0.717) is 21.1 Å². The van der Waals surface area contributed by atoms with Gasteiger partial charge in [0.1, 0.15) is 10.6 Å². The van der Waals surface area contributed by atoms with E-state index < -0.39 is 17.5 Å². The maximum Gasteiger partial charge on any atom is 0.573 e. The largest absolute Gasteiger partial charge is 0.573 e. The number of hydrogen-bond acceptors (Lipinski definition) is 6. The van der Waals surface area contributed by atoms with Gasteiger partial charge in [-0.05, 0) is 42.6 Å². The molecule has 3 rings (SSSR count). The minimum absolute atomic E-state index is 0.212. The summed E-state index contributed by atoms with van der Waals surface area (Å²) in [6.07, 6.45) is -3.21. The lowest BCUT2D eigenvalue weighted by Crippen LogP contribution is -2.26. The van der Waals surface area contributed by atoms with Crippen LogP contribution in [0.15, 0.2) is 58.3 Å². The molecule has 158 valence electrons. The zero-order chi connectivity index (χ0) is 21.9. The molecule has 3 aromatic rings. The molecule has 0 aliphatic rings. The van der Waals surface area contributed by atoms with Gasteiger partial charge in [0.05, 0.1) is 10.6 Å². The van der Waals surface area contributed by atoms with Crippen molar-refractivity contribution in [3.63, 3.8) is 0 Å². The van der Waals surface area contributed by atoms with Gasteiger partial charge in [-0.2, -0.15) is 0 Å². The number of thioether (sulfide) groups is 1. The van der Waals surface area contributed by atoms with Gasteiger partial charge in [-0.15, -0.1) is 31.1 Å². The van der Waals surface area contributed by atoms with E-state index in [4.69, 9.17) is 0 Å². The second-order valence-electron chi connectivity index (χ2n) is 6.06. The molecule has 1 amide bonds. The summed E-state index contributed by atoms with van der Waals surface area (Å²) >= 11 is 2.44. The Kier molecular flexibility index (Phi) is 6.52. The summed E-state index contributed by atoms with van der Waals surface area (Å²) in [6, 6.07) is 6.52. The number of amides is 1. The van der Waals surface area contributed by atoms with Gasteiger partial charge in [0.2, 0.25) is 5.91 Å². The smallest absolute Gasteiger partial charge is 0.406 e. The molecule has 2 aromatic heterocycles. The third-order valence-corrected chi connectivity index (χ3v) is 5.76. The summed E-state index contributed by atoms with van der Waals surface area (Å²) in [4.78, 5) is 30.2. The molecule has 11 heteroatoms. The number of carbonyl (C=O) groups excluding carboxylic acids is 1. The molecule has 6 nitrogen and oxygen atoms in total. The van der Waals surface area contributed by atoms with E-state index in [2.05, 4.69) is 21.6 Å². The number of benzene rings is 1. The van der Waals surface area contributed by atoms with Crippen LogP contribution in [0.1, 0.15) is 6.92 Å². The van der Waals surface area contributed by atoms with Crippen LogP contribution in [0, 0.1) is 0 Å². The standard InChI is InChI=1S/C19H16F3N3O3S2/c1-3-9-25-17(27)14-8-10-29-16(14)24-18(25)30-11(2)15(26)23-12-4-6-13(7-5-12)28-19(20,21)22/h3-8,10-11H,1,9H2,2H3,(H,23,26). The molecule has 2 heterocycles. The van der Waals surface area contributed by atoms with E-state index >= 15 is 0 Å². The highest BCUT2D eigenvalue weighted by Crippen LogP contribution is 2.27. The maximum absolute atomic E-state index is 12.6. The normalized spacial score (nSPS) is 12.5. The number of fused-ring (bicyclic) bond motifs is 1. The van der Waals surface area contributed by atoms with Crippen LogP contribution in [0.3, 0.4) is 0 Å². The summed E-state index contributed by atoms with van der Waals surface area (Å²) in [5.74, 6) is -0.778. The number of nitrogens with zero attached hydrogens (tertiary/aromatic N) is 2. The summed E-state index contributed by atoms with van der Waals surface area (Å²) in [6.45, 7) is 5.54. The Balaban J connectivity index is 1.73. The Morgan fingerprint density at radius 2 is 2.07 bits per heavy atom. The van der Waals surface area contributed by atoms with Gasteiger partial charge in [-0.25, -0.2) is 4.98 Å². The fraction of sp³-hybridized carbons (Fsp3) is 0.211. The number of allylic oxidation sites excluding steroid dienone is 1. The second-order valence-corrected chi connectivity index (χ2v) is 8.26. The summed E-state index contributed by atoms with van der Waals surface area (Å²) < 4.78 is 41.9. The van der Waals surface area contributed by atoms with Crippen molar-refractivity contribution in [3.05, 3.63) is 58.7 Å². The van der Waals surface area contributed by atoms with Crippen molar-refractivity contribution in [3.8, 4) is 5.75 Å². The average Bonchev–Trinajstić information content (AvgIpc) is 3.14. The molecule has 0 bridgehead atoms. The zero-order valence-electron chi connectivity index (χ0n) is 15.6. The molecule has 1 unspecified atom stereocenters. The van der Waals surface area contributed by atoms with Crippen LogP contribution in [-0.4, -0.2) is 27.1 Å². The fourth-order valence-corrected chi connectivity index (χ4v) is 4.23. The highest BCUT2D eigenvalue weighted by Gasteiger charge is 2.31. The Hall–Kier alpha value is -2.79. The molecular formula is C19H16F3N3O3S2. The topological polar surface area (TPSA) is 73.2 Å². The first-order chi connectivity index (χ1) is 14.2. The number of nitrogens with one attached hydrogen (secondary N) is 1. The van der Waals surface area contributed by atoms with Gasteiger partial charge in [0.25, 0.3) is 5.56 Å². The Bertz CT molecular complexity index is 1120. The van der Waals surface area contributed by atoms with Gasteiger partial charge in [-0.3, -0.25) is 14.2 Å². The maximum atomic E-state index is 12.6. The average molecular weight is 455 g/mol. The van der Waals surface area contributed by atoms with Gasteiger partial charge in [0.15, 0.2) is 5.16 Å². The van der Waals surface area contributed by atoms with Gasteiger partial charge >= 0.3 is 6.36 Å².